The number of ether oxygens (including phenoxy) is 1. The average molecular weight is 384 g/mol. The monoisotopic (exact) mass is 384 g/mol. The number of likely N-dealkylation sites (tertiary alicyclic amines) is 1. The van der Waals surface area contributed by atoms with Gasteiger partial charge in [0.15, 0.2) is 5.65 Å². The van der Waals surface area contributed by atoms with E-state index >= 15 is 0 Å². The molecule has 0 N–H and O–H groups in total. The molecule has 1 amide bonds. The van der Waals surface area contributed by atoms with Gasteiger partial charge in [0.1, 0.15) is 11.3 Å². The Hall–Kier alpha value is -2.44. The van der Waals surface area contributed by atoms with E-state index in [1.54, 1.807) is 0 Å². The van der Waals surface area contributed by atoms with Gasteiger partial charge in [-0.15, -0.1) is 0 Å². The molecule has 7 nitrogen and oxygen atoms in total. The number of piperidine rings is 1. The smallest absolute Gasteiger partial charge is 0.309 e. The van der Waals surface area contributed by atoms with E-state index in [2.05, 4.69) is 4.57 Å². The van der Waals surface area contributed by atoms with Crippen LogP contribution in [0.4, 0.5) is 0 Å². The highest BCUT2D eigenvalue weighted by atomic mass is 16.5. The van der Waals surface area contributed by atoms with Gasteiger partial charge in [-0.05, 0) is 45.6 Å². The van der Waals surface area contributed by atoms with E-state index in [0.29, 0.717) is 38.1 Å². The van der Waals surface area contributed by atoms with Crippen LogP contribution in [0.1, 0.15) is 60.9 Å². The van der Waals surface area contributed by atoms with Gasteiger partial charge in [-0.2, -0.15) is 0 Å². The van der Waals surface area contributed by atoms with Crippen LogP contribution in [0.15, 0.2) is 6.07 Å². The molecule has 4 rings (SSSR count). The van der Waals surface area contributed by atoms with Gasteiger partial charge in [-0.1, -0.05) is 6.42 Å². The van der Waals surface area contributed by atoms with Crippen LogP contribution in [0.2, 0.25) is 0 Å². The fourth-order valence-electron chi connectivity index (χ4n) is 4.33. The van der Waals surface area contributed by atoms with E-state index in [-0.39, 0.29) is 17.8 Å². The summed E-state index contributed by atoms with van der Waals surface area (Å²) in [5.41, 5.74) is 3.03. The van der Waals surface area contributed by atoms with Crippen molar-refractivity contribution in [2.24, 2.45) is 5.92 Å². The van der Waals surface area contributed by atoms with Gasteiger partial charge in [0.05, 0.1) is 18.1 Å². The second-order valence-corrected chi connectivity index (χ2v) is 7.79. The maximum absolute atomic E-state index is 13.3. The molecular weight excluding hydrogens is 356 g/mol. The van der Waals surface area contributed by atoms with Crippen LogP contribution in [0.3, 0.4) is 0 Å². The SMILES string of the molecule is CCOC(=O)C1CCN(C(=O)c2cc(C)nc3c2nc2n3CCCCC2)CC1. The topological polar surface area (TPSA) is 77.3 Å². The van der Waals surface area contributed by atoms with Gasteiger partial charge < -0.3 is 14.2 Å². The molecule has 0 aromatic carbocycles. The van der Waals surface area contributed by atoms with E-state index in [4.69, 9.17) is 14.7 Å². The minimum Gasteiger partial charge on any atom is -0.466 e. The van der Waals surface area contributed by atoms with Crippen LogP contribution in [0.5, 0.6) is 0 Å². The number of carbonyl (C=O) groups excluding carboxylic acids is 2. The molecule has 150 valence electrons. The molecule has 2 aliphatic rings. The summed E-state index contributed by atoms with van der Waals surface area (Å²) in [4.78, 5) is 36.6. The van der Waals surface area contributed by atoms with Crippen molar-refractivity contribution in [1.29, 1.82) is 0 Å². The first-order valence-corrected chi connectivity index (χ1v) is 10.4. The summed E-state index contributed by atoms with van der Waals surface area (Å²) >= 11 is 0. The average Bonchev–Trinajstić information content (AvgIpc) is 2.88. The van der Waals surface area contributed by atoms with Crippen molar-refractivity contribution >= 4 is 23.0 Å². The van der Waals surface area contributed by atoms with E-state index in [1.807, 2.05) is 24.8 Å². The zero-order valence-electron chi connectivity index (χ0n) is 16.7. The Morgan fingerprint density at radius 1 is 1.14 bits per heavy atom. The molecule has 0 bridgehead atoms. The van der Waals surface area contributed by atoms with Gasteiger partial charge in [-0.3, -0.25) is 9.59 Å². The Balaban J connectivity index is 1.59. The quantitative estimate of drug-likeness (QED) is 0.761. The molecule has 0 spiro atoms. The Morgan fingerprint density at radius 3 is 2.68 bits per heavy atom. The number of amides is 1. The zero-order valence-corrected chi connectivity index (χ0v) is 16.7. The van der Waals surface area contributed by atoms with Crippen LogP contribution < -0.4 is 0 Å². The summed E-state index contributed by atoms with van der Waals surface area (Å²) in [6, 6.07) is 1.86. The fourth-order valence-corrected chi connectivity index (χ4v) is 4.33. The molecule has 1 saturated heterocycles. The van der Waals surface area contributed by atoms with Crippen molar-refractivity contribution in [3.8, 4) is 0 Å². The predicted octanol–water partition coefficient (Wildman–Crippen LogP) is 2.88. The lowest BCUT2D eigenvalue weighted by Crippen LogP contribution is -2.40. The van der Waals surface area contributed by atoms with Gasteiger partial charge >= 0.3 is 5.97 Å². The number of aryl methyl sites for hydroxylation is 3. The van der Waals surface area contributed by atoms with E-state index < -0.39 is 0 Å². The molecule has 4 heterocycles. The first kappa shape index (κ1) is 18.9. The van der Waals surface area contributed by atoms with Crippen molar-refractivity contribution in [2.45, 2.75) is 58.9 Å². The normalized spacial score (nSPS) is 18.0. The van der Waals surface area contributed by atoms with Crippen LogP contribution in [0, 0.1) is 12.8 Å². The number of hydrogen-bond acceptors (Lipinski definition) is 5. The van der Waals surface area contributed by atoms with E-state index in [1.165, 1.54) is 6.42 Å². The lowest BCUT2D eigenvalue weighted by Gasteiger charge is -2.31. The summed E-state index contributed by atoms with van der Waals surface area (Å²) < 4.78 is 7.32. The molecular formula is C21H28N4O3. The Labute approximate surface area is 165 Å². The first-order chi connectivity index (χ1) is 13.6. The summed E-state index contributed by atoms with van der Waals surface area (Å²) in [7, 11) is 0. The molecule has 0 unspecified atom stereocenters. The molecule has 7 heteroatoms. The minimum absolute atomic E-state index is 0.00827. The molecule has 0 radical (unpaired) electrons. The third-order valence-electron chi connectivity index (χ3n) is 5.83. The van der Waals surface area contributed by atoms with Gasteiger partial charge in [0.25, 0.3) is 5.91 Å². The molecule has 0 aliphatic carbocycles. The summed E-state index contributed by atoms with van der Waals surface area (Å²) in [6.45, 7) is 6.20. The molecule has 0 saturated carbocycles. The Kier molecular flexibility index (Phi) is 5.33. The molecule has 2 aromatic heterocycles. The molecule has 2 aliphatic heterocycles. The molecule has 0 atom stereocenters. The lowest BCUT2D eigenvalue weighted by atomic mass is 9.96. The predicted molar refractivity (Wildman–Crippen MR) is 105 cm³/mol. The zero-order chi connectivity index (χ0) is 19.7. The Bertz CT molecular complexity index is 897. The van der Waals surface area contributed by atoms with Crippen molar-refractivity contribution in [3.05, 3.63) is 23.1 Å². The molecule has 1 fully saturated rings. The number of nitrogens with zero attached hydrogens (tertiary/aromatic N) is 4. The number of imidazole rings is 1. The number of aromatic nitrogens is 3. The summed E-state index contributed by atoms with van der Waals surface area (Å²) in [5, 5.41) is 0. The second kappa shape index (κ2) is 7.89. The van der Waals surface area contributed by atoms with Gasteiger partial charge in [-0.25, -0.2) is 9.97 Å². The molecule has 28 heavy (non-hydrogen) atoms. The highest BCUT2D eigenvalue weighted by Gasteiger charge is 2.30. The van der Waals surface area contributed by atoms with E-state index in [9.17, 15) is 9.59 Å². The van der Waals surface area contributed by atoms with Crippen LogP contribution in [-0.2, 0) is 22.5 Å². The number of fused-ring (bicyclic) bond motifs is 3. The van der Waals surface area contributed by atoms with Gasteiger partial charge in [0.2, 0.25) is 0 Å². The number of rotatable bonds is 3. The van der Waals surface area contributed by atoms with Crippen molar-refractivity contribution in [1.82, 2.24) is 19.4 Å². The highest BCUT2D eigenvalue weighted by Crippen LogP contribution is 2.26. The first-order valence-electron chi connectivity index (χ1n) is 10.4. The maximum Gasteiger partial charge on any atom is 0.309 e. The number of pyridine rings is 1. The Morgan fingerprint density at radius 2 is 1.93 bits per heavy atom. The van der Waals surface area contributed by atoms with Crippen molar-refractivity contribution in [2.75, 3.05) is 19.7 Å². The lowest BCUT2D eigenvalue weighted by molar-refractivity contribution is -0.149. The van der Waals surface area contributed by atoms with E-state index in [0.717, 1.165) is 48.5 Å². The maximum atomic E-state index is 13.3. The largest absolute Gasteiger partial charge is 0.466 e. The summed E-state index contributed by atoms with van der Waals surface area (Å²) in [6.07, 6.45) is 5.70. The van der Waals surface area contributed by atoms with Crippen molar-refractivity contribution in [3.63, 3.8) is 0 Å². The third kappa shape index (κ3) is 3.50. The minimum atomic E-state index is -0.144. The van der Waals surface area contributed by atoms with Crippen LogP contribution >= 0.6 is 0 Å². The second-order valence-electron chi connectivity index (χ2n) is 7.79. The van der Waals surface area contributed by atoms with Crippen LogP contribution in [0.25, 0.3) is 11.2 Å². The summed E-state index contributed by atoms with van der Waals surface area (Å²) in [5.74, 6) is 0.785. The number of carbonyl (C=O) groups is 2. The third-order valence-corrected chi connectivity index (χ3v) is 5.83. The van der Waals surface area contributed by atoms with Crippen LogP contribution in [-0.4, -0.2) is 51.0 Å². The number of hydrogen-bond donors (Lipinski definition) is 0. The highest BCUT2D eigenvalue weighted by molar-refractivity contribution is 6.04. The fraction of sp³-hybridized carbons (Fsp3) is 0.619. The van der Waals surface area contributed by atoms with Gasteiger partial charge in [0, 0.05) is 31.7 Å². The standard InChI is InChI=1S/C21H28N4O3/c1-3-28-21(27)15-8-11-24(12-9-15)20(26)16-13-14(2)22-19-18(16)23-17-7-5-4-6-10-25(17)19/h13,15H,3-12H2,1-2H3. The number of esters is 1. The molecule has 2 aromatic rings. The van der Waals surface area contributed by atoms with Crippen molar-refractivity contribution < 1.29 is 14.3 Å².